The molecule has 0 aliphatic carbocycles. The molecular formula is C14H30N2O2. The topological polar surface area (TPSA) is 66.6 Å². The summed E-state index contributed by atoms with van der Waals surface area (Å²) >= 11 is 0. The van der Waals surface area contributed by atoms with E-state index in [4.69, 9.17) is 10.8 Å². The molecule has 2 unspecified atom stereocenters. The number of hydrogen-bond donors (Lipinski definition) is 2. The second kappa shape index (κ2) is 7.74. The van der Waals surface area contributed by atoms with Crippen LogP contribution < -0.4 is 5.73 Å². The monoisotopic (exact) mass is 258 g/mol. The van der Waals surface area contributed by atoms with Gasteiger partial charge in [0, 0.05) is 12.6 Å². The zero-order valence-electron chi connectivity index (χ0n) is 12.6. The Kier molecular flexibility index (Phi) is 7.48. The minimum Gasteiger partial charge on any atom is -0.480 e. The van der Waals surface area contributed by atoms with Crippen LogP contribution in [0.1, 0.15) is 53.9 Å². The van der Waals surface area contributed by atoms with Crippen molar-refractivity contribution in [2.45, 2.75) is 65.5 Å². The lowest BCUT2D eigenvalue weighted by atomic mass is 9.93. The van der Waals surface area contributed by atoms with E-state index in [0.717, 1.165) is 13.1 Å². The Morgan fingerprint density at radius 3 is 2.17 bits per heavy atom. The first-order valence-electron chi connectivity index (χ1n) is 7.04. The van der Waals surface area contributed by atoms with Gasteiger partial charge in [0.25, 0.3) is 0 Å². The summed E-state index contributed by atoms with van der Waals surface area (Å²) in [5, 5.41) is 9.08. The van der Waals surface area contributed by atoms with Crippen molar-refractivity contribution < 1.29 is 9.90 Å². The summed E-state index contributed by atoms with van der Waals surface area (Å²) < 4.78 is 0. The molecule has 4 nitrogen and oxygen atoms in total. The van der Waals surface area contributed by atoms with Crippen LogP contribution in [0.3, 0.4) is 0 Å². The first-order valence-corrected chi connectivity index (χ1v) is 7.04. The van der Waals surface area contributed by atoms with Gasteiger partial charge in [-0.25, -0.2) is 0 Å². The van der Waals surface area contributed by atoms with Gasteiger partial charge in [-0.3, -0.25) is 4.79 Å². The molecule has 0 spiro atoms. The summed E-state index contributed by atoms with van der Waals surface area (Å²) in [6, 6.07) is 0.196. The van der Waals surface area contributed by atoms with Crippen LogP contribution in [0.15, 0.2) is 0 Å². The molecule has 0 aliphatic heterocycles. The lowest BCUT2D eigenvalue weighted by Crippen LogP contribution is -2.50. The van der Waals surface area contributed by atoms with Gasteiger partial charge < -0.3 is 15.7 Å². The van der Waals surface area contributed by atoms with Crippen LogP contribution in [0.4, 0.5) is 0 Å². The fraction of sp³-hybridized carbons (Fsp3) is 0.929. The van der Waals surface area contributed by atoms with Gasteiger partial charge in [0.2, 0.25) is 0 Å². The van der Waals surface area contributed by atoms with E-state index in [1.165, 1.54) is 12.8 Å². The number of nitrogens with two attached hydrogens (primary N) is 1. The van der Waals surface area contributed by atoms with Crippen molar-refractivity contribution in [3.8, 4) is 0 Å². The van der Waals surface area contributed by atoms with E-state index >= 15 is 0 Å². The average Bonchev–Trinajstić information content (AvgIpc) is 2.29. The van der Waals surface area contributed by atoms with Crippen molar-refractivity contribution in [3.05, 3.63) is 0 Å². The summed E-state index contributed by atoms with van der Waals surface area (Å²) in [5.74, 6) is -0.241. The molecular weight excluding hydrogens is 228 g/mol. The van der Waals surface area contributed by atoms with E-state index in [1.54, 1.807) is 6.92 Å². The van der Waals surface area contributed by atoms with E-state index in [9.17, 15) is 4.79 Å². The van der Waals surface area contributed by atoms with Crippen molar-refractivity contribution >= 4 is 5.97 Å². The van der Waals surface area contributed by atoms with E-state index in [2.05, 4.69) is 32.6 Å². The lowest BCUT2D eigenvalue weighted by molar-refractivity contribution is -0.143. The standard InChI is InChI=1S/C14H30N2O2/c1-6-12(7-2)10-16(8-3)11(4)9-14(5,15)13(17)18/h11-12H,6-10,15H2,1-5H3,(H,17,18). The molecule has 0 amide bonds. The molecule has 18 heavy (non-hydrogen) atoms. The van der Waals surface area contributed by atoms with Crippen LogP contribution >= 0.6 is 0 Å². The summed E-state index contributed by atoms with van der Waals surface area (Å²) in [4.78, 5) is 13.4. The van der Waals surface area contributed by atoms with Gasteiger partial charge in [-0.2, -0.15) is 0 Å². The van der Waals surface area contributed by atoms with E-state index in [-0.39, 0.29) is 6.04 Å². The van der Waals surface area contributed by atoms with E-state index < -0.39 is 11.5 Å². The number of carboxylic acids is 1. The molecule has 0 bridgehead atoms. The summed E-state index contributed by atoms with van der Waals surface area (Å²) in [7, 11) is 0. The number of nitrogens with zero attached hydrogens (tertiary/aromatic N) is 1. The van der Waals surface area contributed by atoms with Crippen molar-refractivity contribution in [2.24, 2.45) is 11.7 Å². The van der Waals surface area contributed by atoms with Gasteiger partial charge in [0.05, 0.1) is 0 Å². The Morgan fingerprint density at radius 2 is 1.83 bits per heavy atom. The molecule has 108 valence electrons. The van der Waals surface area contributed by atoms with Crippen molar-refractivity contribution in [3.63, 3.8) is 0 Å². The fourth-order valence-corrected chi connectivity index (χ4v) is 2.33. The highest BCUT2D eigenvalue weighted by molar-refractivity contribution is 5.77. The van der Waals surface area contributed by atoms with Gasteiger partial charge in [-0.05, 0) is 32.7 Å². The van der Waals surface area contributed by atoms with Crippen molar-refractivity contribution in [1.29, 1.82) is 0 Å². The van der Waals surface area contributed by atoms with Gasteiger partial charge in [0.15, 0.2) is 0 Å². The normalized spacial score (nSPS) is 16.9. The number of rotatable bonds is 9. The maximum absolute atomic E-state index is 11.1. The molecule has 4 heteroatoms. The molecule has 0 rings (SSSR count). The van der Waals surface area contributed by atoms with Crippen LogP contribution in [0.2, 0.25) is 0 Å². The molecule has 0 aromatic carbocycles. The van der Waals surface area contributed by atoms with E-state index in [0.29, 0.717) is 12.3 Å². The average molecular weight is 258 g/mol. The number of hydrogen-bond acceptors (Lipinski definition) is 3. The molecule has 2 atom stereocenters. The maximum Gasteiger partial charge on any atom is 0.323 e. The highest BCUT2D eigenvalue weighted by Gasteiger charge is 2.31. The number of aliphatic carboxylic acids is 1. The van der Waals surface area contributed by atoms with Crippen LogP contribution in [-0.4, -0.2) is 40.6 Å². The molecule has 0 aromatic rings. The van der Waals surface area contributed by atoms with Gasteiger partial charge >= 0.3 is 5.97 Å². The largest absolute Gasteiger partial charge is 0.480 e. The summed E-state index contributed by atoms with van der Waals surface area (Å²) in [5.41, 5.74) is 4.68. The Balaban J connectivity index is 4.52. The predicted octanol–water partition coefficient (Wildman–Crippen LogP) is 2.33. The first kappa shape index (κ1) is 17.4. The molecule has 0 radical (unpaired) electrons. The third-order valence-corrected chi connectivity index (χ3v) is 3.88. The molecule has 0 heterocycles. The van der Waals surface area contributed by atoms with Crippen LogP contribution in [-0.2, 0) is 4.79 Å². The Labute approximate surface area is 112 Å². The third kappa shape index (κ3) is 5.36. The van der Waals surface area contributed by atoms with Crippen molar-refractivity contribution in [1.82, 2.24) is 4.90 Å². The molecule has 0 aromatic heterocycles. The second-order valence-corrected chi connectivity index (χ2v) is 5.55. The Hall–Kier alpha value is -0.610. The van der Waals surface area contributed by atoms with Gasteiger partial charge in [0.1, 0.15) is 5.54 Å². The molecule has 0 fully saturated rings. The molecule has 0 saturated carbocycles. The first-order chi connectivity index (χ1) is 8.28. The Morgan fingerprint density at radius 1 is 1.33 bits per heavy atom. The summed E-state index contributed by atoms with van der Waals surface area (Å²) in [6.45, 7) is 12.2. The Bertz CT molecular complexity index is 250. The SMILES string of the molecule is CCC(CC)CN(CC)C(C)CC(C)(N)C(=O)O. The fourth-order valence-electron chi connectivity index (χ4n) is 2.33. The van der Waals surface area contributed by atoms with Gasteiger partial charge in [-0.1, -0.05) is 33.6 Å². The zero-order valence-corrected chi connectivity index (χ0v) is 12.6. The minimum atomic E-state index is -1.14. The zero-order chi connectivity index (χ0) is 14.3. The maximum atomic E-state index is 11.1. The summed E-state index contributed by atoms with van der Waals surface area (Å²) in [6.07, 6.45) is 2.81. The number of carboxylic acid groups (broad SMARTS) is 1. The highest BCUT2D eigenvalue weighted by Crippen LogP contribution is 2.17. The highest BCUT2D eigenvalue weighted by atomic mass is 16.4. The molecule has 0 saturated heterocycles. The van der Waals surface area contributed by atoms with Gasteiger partial charge in [-0.15, -0.1) is 0 Å². The molecule has 3 N–H and O–H groups in total. The van der Waals surface area contributed by atoms with Crippen LogP contribution in [0.25, 0.3) is 0 Å². The predicted molar refractivity (Wildman–Crippen MR) is 75.6 cm³/mol. The smallest absolute Gasteiger partial charge is 0.323 e. The molecule has 0 aliphatic rings. The second-order valence-electron chi connectivity index (χ2n) is 5.55. The van der Waals surface area contributed by atoms with Crippen molar-refractivity contribution in [2.75, 3.05) is 13.1 Å². The van der Waals surface area contributed by atoms with Crippen LogP contribution in [0.5, 0.6) is 0 Å². The minimum absolute atomic E-state index is 0.196. The quantitative estimate of drug-likeness (QED) is 0.666. The van der Waals surface area contributed by atoms with Crippen LogP contribution in [0, 0.1) is 5.92 Å². The van der Waals surface area contributed by atoms with E-state index in [1.807, 2.05) is 0 Å². The number of carbonyl (C=O) groups is 1. The lowest BCUT2D eigenvalue weighted by Gasteiger charge is -2.34. The third-order valence-electron chi connectivity index (χ3n) is 3.88.